The van der Waals surface area contributed by atoms with E-state index in [0.717, 1.165) is 0 Å². The van der Waals surface area contributed by atoms with Gasteiger partial charge in [-0.25, -0.2) is 9.37 Å². The number of phenolic OH excluding ortho intramolecular Hbond substituents is 1. The molecule has 1 aromatic carbocycles. The van der Waals surface area contributed by atoms with Gasteiger partial charge in [0.15, 0.2) is 5.75 Å². The Bertz CT molecular complexity index is 1300. The van der Waals surface area contributed by atoms with Crippen molar-refractivity contribution in [2.45, 2.75) is 38.0 Å². The molecule has 1 aromatic heterocycles. The molecule has 1 N–H and O–H groups in total. The fraction of sp³-hybridized carbons (Fsp3) is 0.444. The maximum atomic E-state index is 15.0. The Labute approximate surface area is 225 Å². The van der Waals surface area contributed by atoms with Crippen molar-refractivity contribution in [3.63, 3.8) is 0 Å². The lowest BCUT2D eigenvalue weighted by Crippen LogP contribution is -2.57. The average molecular weight is 545 g/mol. The van der Waals surface area contributed by atoms with Crippen molar-refractivity contribution >= 4 is 29.2 Å². The van der Waals surface area contributed by atoms with Gasteiger partial charge in [-0.2, -0.15) is 0 Å². The second kappa shape index (κ2) is 9.74. The summed E-state index contributed by atoms with van der Waals surface area (Å²) in [5.74, 6) is -1.25. The summed E-state index contributed by atoms with van der Waals surface area (Å²) in [6.07, 6.45) is 1.78. The van der Waals surface area contributed by atoms with Crippen LogP contribution in [0, 0.1) is 5.82 Å². The van der Waals surface area contributed by atoms with Gasteiger partial charge in [-0.1, -0.05) is 24.2 Å². The van der Waals surface area contributed by atoms with E-state index in [1.165, 1.54) is 24.3 Å². The molecule has 0 saturated carbocycles. The molecule has 0 spiro atoms. The van der Waals surface area contributed by atoms with E-state index in [9.17, 15) is 14.7 Å². The Balaban J connectivity index is 1.70. The van der Waals surface area contributed by atoms with Crippen LogP contribution in [0.15, 0.2) is 30.9 Å². The third kappa shape index (κ3) is 4.06. The SMILES string of the molecule is C=CC(=O)N1CCN2C(=O)c3c(N4CCC(OC)C4(C)C)nc(-c4c(O)cccc4F)c(Cl)c3OC[C@H]2C1. The van der Waals surface area contributed by atoms with Crippen LogP contribution in [-0.2, 0) is 9.53 Å². The number of aromatic hydroxyl groups is 1. The topological polar surface area (TPSA) is 95.4 Å². The minimum atomic E-state index is -0.711. The highest BCUT2D eigenvalue weighted by atomic mass is 35.5. The zero-order valence-electron chi connectivity index (χ0n) is 21.5. The van der Waals surface area contributed by atoms with E-state index in [1.807, 2.05) is 18.7 Å². The Morgan fingerprint density at radius 3 is 2.74 bits per heavy atom. The average Bonchev–Trinajstić information content (AvgIpc) is 3.11. The molecular weight excluding hydrogens is 515 g/mol. The summed E-state index contributed by atoms with van der Waals surface area (Å²) < 4.78 is 26.9. The summed E-state index contributed by atoms with van der Waals surface area (Å²) in [6.45, 7) is 9.03. The fourth-order valence-corrected chi connectivity index (χ4v) is 6.02. The van der Waals surface area contributed by atoms with Gasteiger partial charge in [0.2, 0.25) is 5.91 Å². The van der Waals surface area contributed by atoms with E-state index in [4.69, 9.17) is 26.1 Å². The summed E-state index contributed by atoms with van der Waals surface area (Å²) in [5.41, 5.74) is -0.601. The molecule has 11 heteroatoms. The molecule has 38 heavy (non-hydrogen) atoms. The molecule has 2 saturated heterocycles. The molecule has 2 fully saturated rings. The highest BCUT2D eigenvalue weighted by molar-refractivity contribution is 6.35. The molecule has 3 aliphatic rings. The van der Waals surface area contributed by atoms with Gasteiger partial charge in [0, 0.05) is 33.3 Å². The van der Waals surface area contributed by atoms with Crippen LogP contribution in [0.1, 0.15) is 30.6 Å². The maximum Gasteiger partial charge on any atom is 0.261 e. The third-order valence-corrected chi connectivity index (χ3v) is 8.16. The number of nitrogens with zero attached hydrogens (tertiary/aromatic N) is 4. The van der Waals surface area contributed by atoms with Gasteiger partial charge in [-0.05, 0) is 38.5 Å². The van der Waals surface area contributed by atoms with Crippen LogP contribution in [0.4, 0.5) is 10.2 Å². The molecule has 2 atom stereocenters. The van der Waals surface area contributed by atoms with Crippen molar-refractivity contribution < 1.29 is 28.6 Å². The van der Waals surface area contributed by atoms with Gasteiger partial charge in [0.05, 0.1) is 23.2 Å². The van der Waals surface area contributed by atoms with Crippen molar-refractivity contribution in [3.05, 3.63) is 47.3 Å². The number of benzene rings is 1. The third-order valence-electron chi connectivity index (χ3n) is 7.81. The number of carbonyl (C=O) groups excluding carboxylic acids is 2. The van der Waals surface area contributed by atoms with E-state index in [-0.39, 0.29) is 70.2 Å². The Morgan fingerprint density at radius 1 is 1.32 bits per heavy atom. The predicted molar refractivity (Wildman–Crippen MR) is 140 cm³/mol. The Hall–Kier alpha value is -3.37. The molecule has 4 heterocycles. The van der Waals surface area contributed by atoms with Crippen LogP contribution in [0.5, 0.6) is 11.5 Å². The molecule has 0 aliphatic carbocycles. The van der Waals surface area contributed by atoms with Gasteiger partial charge < -0.3 is 29.3 Å². The number of pyridine rings is 1. The number of aromatic nitrogens is 1. The second-order valence-corrected chi connectivity index (χ2v) is 10.6. The van der Waals surface area contributed by atoms with Gasteiger partial charge in [0.1, 0.15) is 40.3 Å². The lowest BCUT2D eigenvalue weighted by atomic mass is 9.97. The van der Waals surface area contributed by atoms with Gasteiger partial charge in [0.25, 0.3) is 5.91 Å². The lowest BCUT2D eigenvalue weighted by molar-refractivity contribution is -0.128. The molecule has 3 aliphatic heterocycles. The van der Waals surface area contributed by atoms with Gasteiger partial charge >= 0.3 is 0 Å². The number of hydrogen-bond donors (Lipinski definition) is 1. The number of hydrogen-bond acceptors (Lipinski definition) is 7. The summed E-state index contributed by atoms with van der Waals surface area (Å²) >= 11 is 6.79. The van der Waals surface area contributed by atoms with Crippen molar-refractivity contribution in [2.75, 3.05) is 44.8 Å². The molecule has 202 valence electrons. The van der Waals surface area contributed by atoms with Crippen LogP contribution in [0.2, 0.25) is 5.02 Å². The predicted octanol–water partition coefficient (Wildman–Crippen LogP) is 3.48. The van der Waals surface area contributed by atoms with Crippen LogP contribution >= 0.6 is 11.6 Å². The molecule has 9 nitrogen and oxygen atoms in total. The number of ether oxygens (including phenoxy) is 2. The molecule has 5 rings (SSSR count). The zero-order valence-corrected chi connectivity index (χ0v) is 22.3. The molecule has 0 bridgehead atoms. The van der Waals surface area contributed by atoms with Crippen LogP contribution in [-0.4, -0.2) is 89.3 Å². The molecule has 2 aromatic rings. The van der Waals surface area contributed by atoms with Crippen molar-refractivity contribution in [3.8, 4) is 22.8 Å². The van der Waals surface area contributed by atoms with Crippen molar-refractivity contribution in [1.29, 1.82) is 0 Å². The molecular formula is C27H30ClFN4O5. The van der Waals surface area contributed by atoms with Crippen LogP contribution in [0.25, 0.3) is 11.3 Å². The quantitative estimate of drug-likeness (QED) is 0.589. The number of piperazine rings is 1. The summed E-state index contributed by atoms with van der Waals surface area (Å²) in [6, 6.07) is 3.50. The minimum absolute atomic E-state index is 0.0242. The number of amides is 2. The summed E-state index contributed by atoms with van der Waals surface area (Å²) in [5, 5.41) is 10.5. The fourth-order valence-electron chi connectivity index (χ4n) is 5.73. The largest absolute Gasteiger partial charge is 0.507 e. The first-order valence-corrected chi connectivity index (χ1v) is 12.8. The maximum absolute atomic E-state index is 15.0. The monoisotopic (exact) mass is 544 g/mol. The van der Waals surface area contributed by atoms with Crippen molar-refractivity contribution in [1.82, 2.24) is 14.8 Å². The summed E-state index contributed by atoms with van der Waals surface area (Å²) in [4.78, 5) is 36.4. The first-order chi connectivity index (χ1) is 18.1. The molecule has 0 radical (unpaired) electrons. The van der Waals surface area contributed by atoms with Gasteiger partial charge in [-0.3, -0.25) is 9.59 Å². The molecule has 1 unspecified atom stereocenters. The van der Waals surface area contributed by atoms with Gasteiger partial charge in [-0.15, -0.1) is 0 Å². The van der Waals surface area contributed by atoms with E-state index in [1.54, 1.807) is 16.9 Å². The number of methoxy groups -OCH3 is 1. The number of anilines is 1. The van der Waals surface area contributed by atoms with Crippen molar-refractivity contribution in [2.24, 2.45) is 0 Å². The first kappa shape index (κ1) is 26.2. The van der Waals surface area contributed by atoms with E-state index in [0.29, 0.717) is 26.1 Å². The van der Waals surface area contributed by atoms with E-state index < -0.39 is 17.4 Å². The normalized spacial score (nSPS) is 22.4. The number of rotatable bonds is 4. The highest BCUT2D eigenvalue weighted by Crippen LogP contribution is 2.48. The highest BCUT2D eigenvalue weighted by Gasteiger charge is 2.47. The summed E-state index contributed by atoms with van der Waals surface area (Å²) in [7, 11) is 1.64. The second-order valence-electron chi connectivity index (χ2n) is 10.2. The van der Waals surface area contributed by atoms with Crippen LogP contribution < -0.4 is 9.64 Å². The minimum Gasteiger partial charge on any atom is -0.507 e. The number of phenols is 1. The Kier molecular flexibility index (Phi) is 6.73. The molecule has 2 amide bonds. The standard InChI is InChI=1S/C27H30ClFN4O5/c1-5-19(35)31-11-12-32-15(13-31)14-38-24-21(26(32)36)25(33-10-9-18(37-4)27(33,2)3)30-23(22(24)28)20-16(29)7-6-8-17(20)34/h5-8,15,18,34H,1,9-14H2,2-4H3/t15-,18?/m1/s1. The van der Waals surface area contributed by atoms with E-state index in [2.05, 4.69) is 6.58 Å². The van der Waals surface area contributed by atoms with Crippen LogP contribution in [0.3, 0.4) is 0 Å². The number of halogens is 2. The smallest absolute Gasteiger partial charge is 0.261 e. The zero-order chi connectivity index (χ0) is 27.4. The number of carbonyl (C=O) groups is 2. The van der Waals surface area contributed by atoms with E-state index >= 15 is 4.39 Å². The Morgan fingerprint density at radius 2 is 2.08 bits per heavy atom. The number of fused-ring (bicyclic) bond motifs is 2. The lowest BCUT2D eigenvalue weighted by Gasteiger charge is -2.40. The first-order valence-electron chi connectivity index (χ1n) is 12.5.